The Morgan fingerprint density at radius 3 is 2.28 bits per heavy atom. The van der Waals surface area contributed by atoms with Gasteiger partial charge in [0.05, 0.1) is 11.2 Å². The van der Waals surface area contributed by atoms with Crippen LogP contribution in [0.25, 0.3) is 10.9 Å². The molecule has 0 bridgehead atoms. The second-order valence-corrected chi connectivity index (χ2v) is 14.6. The molecule has 292 valence electrons. The first-order chi connectivity index (χ1) is 25.7. The number of rotatable bonds is 16. The summed E-state index contributed by atoms with van der Waals surface area (Å²) in [6.07, 6.45) is 3.81. The summed E-state index contributed by atoms with van der Waals surface area (Å²) in [5.41, 5.74) is 1.41. The molecule has 1 aliphatic rings. The summed E-state index contributed by atoms with van der Waals surface area (Å²) in [5, 5.41) is 14.7. The minimum atomic E-state index is -1.38. The van der Waals surface area contributed by atoms with Gasteiger partial charge in [-0.15, -0.1) is 0 Å². The van der Waals surface area contributed by atoms with Crippen LogP contribution in [0.4, 0.5) is 14.9 Å². The number of hydrogen-bond acceptors (Lipinski definition) is 10. The molecule has 2 unspecified atom stereocenters. The van der Waals surface area contributed by atoms with Crippen LogP contribution in [0.3, 0.4) is 0 Å². The van der Waals surface area contributed by atoms with E-state index in [4.69, 9.17) is 9.47 Å². The van der Waals surface area contributed by atoms with Crippen LogP contribution in [0.1, 0.15) is 60.7 Å². The number of aromatic carboxylic acids is 1. The van der Waals surface area contributed by atoms with Crippen molar-refractivity contribution in [3.63, 3.8) is 0 Å². The third-order valence-electron chi connectivity index (χ3n) is 9.19. The maximum Gasteiger partial charge on any atom is 0.410 e. The molecular weight excluding hydrogens is 722 g/mol. The van der Waals surface area contributed by atoms with Gasteiger partial charge in [0.2, 0.25) is 17.7 Å². The van der Waals surface area contributed by atoms with Crippen molar-refractivity contribution in [2.45, 2.75) is 72.7 Å². The number of ether oxygens (including phenoxy) is 2. The highest BCUT2D eigenvalue weighted by atomic mass is 32.2. The highest BCUT2D eigenvalue weighted by Crippen LogP contribution is 2.28. The van der Waals surface area contributed by atoms with Crippen LogP contribution in [-0.4, -0.2) is 95.2 Å². The van der Waals surface area contributed by atoms with Crippen LogP contribution in [0, 0.1) is 25.6 Å². The molecule has 0 spiro atoms. The molecule has 54 heavy (non-hydrogen) atoms. The summed E-state index contributed by atoms with van der Waals surface area (Å²) in [4.78, 5) is 78.0. The van der Waals surface area contributed by atoms with Crippen LogP contribution in [0.5, 0.6) is 5.75 Å². The number of nitrogens with zero attached hydrogens (tertiary/aromatic N) is 3. The largest absolute Gasteiger partial charge is 0.477 e. The number of thioether (sulfide) groups is 1. The first-order valence-electron chi connectivity index (χ1n) is 17.8. The fraction of sp³-hybridized carbons (Fsp3) is 0.474. The number of halogens is 1. The number of aryl methyl sites for hydroxylation is 3. The summed E-state index contributed by atoms with van der Waals surface area (Å²) in [6.45, 7) is 10.6. The Labute approximate surface area is 317 Å². The summed E-state index contributed by atoms with van der Waals surface area (Å²) in [6, 6.07) is 4.40. The number of benzene rings is 2. The van der Waals surface area contributed by atoms with E-state index in [0.29, 0.717) is 72.6 Å². The number of anilines is 1. The Morgan fingerprint density at radius 2 is 1.70 bits per heavy atom. The van der Waals surface area contributed by atoms with E-state index in [9.17, 15) is 33.9 Å². The molecule has 2 atom stereocenters. The van der Waals surface area contributed by atoms with Crippen molar-refractivity contribution in [3.05, 3.63) is 68.8 Å². The average Bonchev–Trinajstić information content (AvgIpc) is 3.13. The number of carbonyl (C=O) groups is 5. The number of piperazine rings is 1. The molecule has 3 amide bonds. The topological polar surface area (TPSA) is 177 Å². The van der Waals surface area contributed by atoms with Crippen LogP contribution in [0.2, 0.25) is 0 Å². The summed E-state index contributed by atoms with van der Waals surface area (Å²) in [7, 11) is 0. The molecule has 1 aliphatic heterocycles. The number of aromatic nitrogens is 1. The number of amides is 3. The van der Waals surface area contributed by atoms with Gasteiger partial charge in [0.25, 0.3) is 0 Å². The van der Waals surface area contributed by atoms with Crippen LogP contribution >= 0.6 is 11.8 Å². The molecule has 0 saturated carbocycles. The quantitative estimate of drug-likeness (QED) is 0.108. The molecule has 1 aromatic heterocycles. The molecule has 3 N–H and O–H groups in total. The van der Waals surface area contributed by atoms with E-state index in [1.165, 1.54) is 28.9 Å². The fourth-order valence-corrected chi connectivity index (χ4v) is 6.92. The lowest BCUT2D eigenvalue weighted by Gasteiger charge is -2.35. The summed E-state index contributed by atoms with van der Waals surface area (Å²) in [5.74, 6) is -2.10. The van der Waals surface area contributed by atoms with Gasteiger partial charge in [0, 0.05) is 44.3 Å². The highest BCUT2D eigenvalue weighted by Gasteiger charge is 2.29. The summed E-state index contributed by atoms with van der Waals surface area (Å²) >= 11 is 1.54. The predicted molar refractivity (Wildman–Crippen MR) is 204 cm³/mol. The van der Waals surface area contributed by atoms with E-state index < -0.39 is 52.8 Å². The number of pyridine rings is 1. The molecule has 0 radical (unpaired) electrons. The maximum atomic E-state index is 15.3. The average molecular weight is 770 g/mol. The van der Waals surface area contributed by atoms with Gasteiger partial charge in [0.1, 0.15) is 35.8 Å². The van der Waals surface area contributed by atoms with Crippen LogP contribution in [-0.2, 0) is 32.3 Å². The zero-order chi connectivity index (χ0) is 39.7. The van der Waals surface area contributed by atoms with E-state index in [-0.39, 0.29) is 36.7 Å². The number of carboxylic acid groups (broad SMARTS) is 1. The molecule has 14 nitrogen and oxygen atoms in total. The zero-order valence-electron chi connectivity index (χ0n) is 31.4. The van der Waals surface area contributed by atoms with Crippen molar-refractivity contribution >= 4 is 58.7 Å². The second-order valence-electron chi connectivity index (χ2n) is 13.6. The van der Waals surface area contributed by atoms with Gasteiger partial charge >= 0.3 is 18.0 Å². The predicted octanol–water partition coefficient (Wildman–Crippen LogP) is 4.24. The normalized spacial score (nSPS) is 14.1. The Hall–Kier alpha value is -5.12. The van der Waals surface area contributed by atoms with Gasteiger partial charge in [-0.25, -0.2) is 18.8 Å². The van der Waals surface area contributed by atoms with Gasteiger partial charge in [-0.1, -0.05) is 13.8 Å². The molecule has 16 heteroatoms. The minimum absolute atomic E-state index is 0.0175. The summed E-state index contributed by atoms with van der Waals surface area (Å²) < 4.78 is 28.3. The van der Waals surface area contributed by atoms with E-state index in [1.54, 1.807) is 42.4 Å². The number of nitrogens with one attached hydrogen (secondary N) is 2. The van der Waals surface area contributed by atoms with E-state index in [0.717, 1.165) is 6.07 Å². The monoisotopic (exact) mass is 769 g/mol. The van der Waals surface area contributed by atoms with Crippen molar-refractivity contribution in [1.29, 1.82) is 0 Å². The van der Waals surface area contributed by atoms with Gasteiger partial charge in [-0.3, -0.25) is 14.4 Å². The molecule has 3 aromatic rings. The second kappa shape index (κ2) is 18.8. The van der Waals surface area contributed by atoms with Gasteiger partial charge in [-0.2, -0.15) is 11.8 Å². The third-order valence-corrected chi connectivity index (χ3v) is 9.83. The van der Waals surface area contributed by atoms with Crippen molar-refractivity contribution < 1.29 is 42.9 Å². The Kier molecular flexibility index (Phi) is 14.5. The number of fused-ring (bicyclic) bond motifs is 1. The van der Waals surface area contributed by atoms with E-state index >= 15 is 4.39 Å². The van der Waals surface area contributed by atoms with Crippen molar-refractivity contribution in [1.82, 2.24) is 20.1 Å². The fourth-order valence-electron chi connectivity index (χ4n) is 6.44. The first-order valence-corrected chi connectivity index (χ1v) is 19.2. The Morgan fingerprint density at radius 1 is 1.04 bits per heavy atom. The van der Waals surface area contributed by atoms with Crippen molar-refractivity contribution in [2.75, 3.05) is 43.1 Å². The van der Waals surface area contributed by atoms with Gasteiger partial charge in [0.15, 0.2) is 0 Å². The maximum absolute atomic E-state index is 15.3. The Balaban J connectivity index is 1.37. The molecule has 2 heterocycles. The third kappa shape index (κ3) is 10.1. The lowest BCUT2D eigenvalue weighted by molar-refractivity contribution is -0.140. The zero-order valence-corrected chi connectivity index (χ0v) is 32.2. The molecule has 1 saturated heterocycles. The van der Waals surface area contributed by atoms with Crippen LogP contribution < -0.4 is 25.7 Å². The number of carbonyl (C=O) groups excluding carboxylic acids is 4. The minimum Gasteiger partial charge on any atom is -0.477 e. The van der Waals surface area contributed by atoms with E-state index in [1.807, 2.05) is 20.1 Å². The lowest BCUT2D eigenvalue weighted by atomic mass is 10.0. The number of hydrogen-bond donors (Lipinski definition) is 3. The lowest BCUT2D eigenvalue weighted by Crippen LogP contribution is -2.51. The Bertz CT molecular complexity index is 1920. The van der Waals surface area contributed by atoms with Crippen LogP contribution in [0.15, 0.2) is 35.3 Å². The number of esters is 1. The van der Waals surface area contributed by atoms with Crippen molar-refractivity contribution in [3.8, 4) is 5.75 Å². The first kappa shape index (κ1) is 41.6. The molecule has 0 aliphatic carbocycles. The standard InChI is InChI=1S/C38H48FN5O9S/c1-7-42-19-27(36(48)49)33(46)26-17-28(39)32(18-31(26)42)43-9-11-44(12-10-43)38(51)52-20-25-15-23(4)34(24(5)16-25)53-37(50)30(14-22(2)3)41-35(47)29(40-21-45)8-13-54-6/h15-19,21-22,29-30H,7-14,20H2,1-6H3,(H,40,45)(H,41,47)(H,48,49). The molecule has 4 rings (SSSR count). The van der Waals surface area contributed by atoms with Gasteiger partial charge < -0.3 is 39.6 Å². The number of carboxylic acids is 1. The van der Waals surface area contributed by atoms with Crippen molar-refractivity contribution in [2.24, 2.45) is 5.92 Å². The molecular formula is C38H48FN5O9S. The van der Waals surface area contributed by atoms with E-state index in [2.05, 4.69) is 10.6 Å². The smallest absolute Gasteiger partial charge is 0.410 e. The highest BCUT2D eigenvalue weighted by molar-refractivity contribution is 7.98. The van der Waals surface area contributed by atoms with Gasteiger partial charge in [-0.05, 0) is 92.5 Å². The molecule has 2 aromatic carbocycles. The molecule has 1 fully saturated rings. The SMILES string of the molecule is CCn1cc(C(=O)O)c(=O)c2cc(F)c(N3CCN(C(=O)OCc4cc(C)c(OC(=O)C(CC(C)C)NC(=O)C(CCSC)NC=O)c(C)c4)CC3)cc21.